The third-order valence-electron chi connectivity index (χ3n) is 1.54. The molecule has 1 heterocycles. The smallest absolute Gasteiger partial charge is 0.260 e. The Morgan fingerprint density at radius 1 is 1.71 bits per heavy atom. The van der Waals surface area contributed by atoms with Crippen molar-refractivity contribution in [3.05, 3.63) is 12.3 Å². The number of nitrogens with zero attached hydrogens (tertiary/aromatic N) is 2. The number of carbonyl (C=O) groups is 1. The lowest BCUT2D eigenvalue weighted by Crippen LogP contribution is -2.35. The lowest BCUT2D eigenvalue weighted by Gasteiger charge is -2.13. The van der Waals surface area contributed by atoms with Gasteiger partial charge in [-0.05, 0) is 6.07 Å². The van der Waals surface area contributed by atoms with Crippen molar-refractivity contribution in [3.63, 3.8) is 0 Å². The van der Waals surface area contributed by atoms with Crippen LogP contribution in [0.3, 0.4) is 0 Å². The highest BCUT2D eigenvalue weighted by atomic mass is 32.2. The number of H-pyrrole nitrogens is 1. The molecule has 0 aliphatic carbocycles. The Bertz CT molecular complexity index is 410. The molecule has 1 aromatic heterocycles. The Morgan fingerprint density at radius 3 is 2.79 bits per heavy atom. The number of carbonyl (C=O) groups excluding carboxylic acids is 1. The zero-order valence-corrected chi connectivity index (χ0v) is 8.28. The molecular formula is C6H10N4O3S. The van der Waals surface area contributed by atoms with Gasteiger partial charge in [0.1, 0.15) is 0 Å². The molecule has 0 atom stereocenters. The van der Waals surface area contributed by atoms with Gasteiger partial charge in [-0.1, -0.05) is 0 Å². The molecule has 14 heavy (non-hydrogen) atoms. The van der Waals surface area contributed by atoms with E-state index in [1.165, 1.54) is 19.3 Å². The van der Waals surface area contributed by atoms with E-state index in [9.17, 15) is 13.2 Å². The molecule has 3 N–H and O–H groups in total. The van der Waals surface area contributed by atoms with Gasteiger partial charge in [0.15, 0.2) is 5.03 Å². The van der Waals surface area contributed by atoms with Crippen LogP contribution >= 0.6 is 0 Å². The first-order valence-electron chi connectivity index (χ1n) is 3.68. The van der Waals surface area contributed by atoms with Crippen molar-refractivity contribution in [1.29, 1.82) is 0 Å². The maximum absolute atomic E-state index is 11.6. The highest BCUT2D eigenvalue weighted by Gasteiger charge is 2.22. The van der Waals surface area contributed by atoms with Gasteiger partial charge in [-0.25, -0.2) is 8.42 Å². The molecular weight excluding hydrogens is 208 g/mol. The van der Waals surface area contributed by atoms with Gasteiger partial charge in [0.25, 0.3) is 10.0 Å². The summed E-state index contributed by atoms with van der Waals surface area (Å²) in [7, 11) is -2.41. The number of sulfonamides is 1. The number of nitrogens with one attached hydrogen (secondary N) is 1. The van der Waals surface area contributed by atoms with E-state index in [4.69, 9.17) is 5.73 Å². The van der Waals surface area contributed by atoms with Gasteiger partial charge >= 0.3 is 0 Å². The number of hydrogen-bond donors (Lipinski definition) is 2. The molecule has 7 nitrogen and oxygen atoms in total. The molecule has 0 unspecified atom stereocenters. The van der Waals surface area contributed by atoms with Crippen LogP contribution in [0.2, 0.25) is 0 Å². The molecule has 0 fully saturated rings. The number of amides is 1. The van der Waals surface area contributed by atoms with E-state index in [2.05, 4.69) is 10.2 Å². The van der Waals surface area contributed by atoms with Gasteiger partial charge in [0.05, 0.1) is 12.7 Å². The average Bonchev–Trinajstić information content (AvgIpc) is 2.54. The molecule has 1 aromatic rings. The number of likely N-dealkylation sites (N-methyl/N-ethyl adjacent to an activating group) is 1. The molecule has 1 amide bonds. The lowest BCUT2D eigenvalue weighted by molar-refractivity contribution is -0.118. The molecule has 0 radical (unpaired) electrons. The van der Waals surface area contributed by atoms with E-state index < -0.39 is 15.9 Å². The highest BCUT2D eigenvalue weighted by molar-refractivity contribution is 7.89. The first kappa shape index (κ1) is 10.7. The van der Waals surface area contributed by atoms with E-state index in [1.807, 2.05) is 0 Å². The molecule has 78 valence electrons. The van der Waals surface area contributed by atoms with Crippen LogP contribution in [0, 0.1) is 0 Å². The fraction of sp³-hybridized carbons (Fsp3) is 0.333. The molecule has 0 spiro atoms. The van der Waals surface area contributed by atoms with Crippen molar-refractivity contribution in [3.8, 4) is 0 Å². The summed E-state index contributed by atoms with van der Waals surface area (Å²) in [6, 6.07) is 1.30. The first-order valence-corrected chi connectivity index (χ1v) is 5.12. The fourth-order valence-corrected chi connectivity index (χ4v) is 1.89. The summed E-state index contributed by atoms with van der Waals surface area (Å²) in [5.41, 5.74) is 4.87. The summed E-state index contributed by atoms with van der Waals surface area (Å²) in [5, 5.41) is 5.73. The third-order valence-corrected chi connectivity index (χ3v) is 3.27. The summed E-state index contributed by atoms with van der Waals surface area (Å²) in [5.74, 6) is -0.712. The van der Waals surface area contributed by atoms with Crippen LogP contribution in [0.5, 0.6) is 0 Å². The van der Waals surface area contributed by atoms with Crippen LogP contribution < -0.4 is 5.73 Å². The normalized spacial score (nSPS) is 11.9. The van der Waals surface area contributed by atoms with Gasteiger partial charge in [-0.2, -0.15) is 9.40 Å². The van der Waals surface area contributed by atoms with E-state index >= 15 is 0 Å². The van der Waals surface area contributed by atoms with Crippen LogP contribution in [0.1, 0.15) is 0 Å². The van der Waals surface area contributed by atoms with Crippen molar-refractivity contribution < 1.29 is 13.2 Å². The minimum atomic E-state index is -3.68. The van der Waals surface area contributed by atoms with Crippen LogP contribution in [0.25, 0.3) is 0 Å². The lowest BCUT2D eigenvalue weighted by atomic mass is 10.6. The molecule has 0 aliphatic heterocycles. The number of nitrogens with two attached hydrogens (primary N) is 1. The molecule has 0 saturated carbocycles. The van der Waals surface area contributed by atoms with E-state index in [0.717, 1.165) is 4.31 Å². The number of primary amides is 1. The minimum Gasteiger partial charge on any atom is -0.369 e. The van der Waals surface area contributed by atoms with Crippen LogP contribution in [0.4, 0.5) is 0 Å². The monoisotopic (exact) mass is 218 g/mol. The first-order chi connectivity index (χ1) is 6.44. The summed E-state index contributed by atoms with van der Waals surface area (Å²) < 4.78 is 24.0. The zero-order valence-electron chi connectivity index (χ0n) is 7.47. The second kappa shape index (κ2) is 3.76. The molecule has 0 bridgehead atoms. The van der Waals surface area contributed by atoms with E-state index in [0.29, 0.717) is 0 Å². The predicted molar refractivity (Wildman–Crippen MR) is 47.6 cm³/mol. The van der Waals surface area contributed by atoms with Gasteiger partial charge < -0.3 is 5.73 Å². The molecule has 0 saturated heterocycles. The summed E-state index contributed by atoms with van der Waals surface area (Å²) >= 11 is 0. The van der Waals surface area contributed by atoms with Gasteiger partial charge in [0, 0.05) is 7.05 Å². The second-order valence-corrected chi connectivity index (χ2v) is 4.66. The van der Waals surface area contributed by atoms with Crippen LogP contribution in [-0.4, -0.2) is 42.4 Å². The third kappa shape index (κ3) is 2.09. The number of rotatable bonds is 4. The van der Waals surface area contributed by atoms with Gasteiger partial charge in [0.2, 0.25) is 5.91 Å². The van der Waals surface area contributed by atoms with Crippen molar-refractivity contribution in [2.75, 3.05) is 13.6 Å². The molecule has 0 aromatic carbocycles. The Hall–Kier alpha value is -1.41. The Labute approximate surface area is 80.9 Å². The van der Waals surface area contributed by atoms with Crippen molar-refractivity contribution in [1.82, 2.24) is 14.5 Å². The van der Waals surface area contributed by atoms with Crippen LogP contribution in [0.15, 0.2) is 17.3 Å². The highest BCUT2D eigenvalue weighted by Crippen LogP contribution is 2.08. The minimum absolute atomic E-state index is 0.0683. The predicted octanol–water partition coefficient (Wildman–Crippen LogP) is -1.48. The Kier molecular flexibility index (Phi) is 2.87. The molecule has 0 aliphatic rings. The fourth-order valence-electron chi connectivity index (χ4n) is 0.859. The van der Waals surface area contributed by atoms with Crippen LogP contribution in [-0.2, 0) is 14.8 Å². The van der Waals surface area contributed by atoms with Gasteiger partial charge in [-0.3, -0.25) is 9.89 Å². The standard InChI is InChI=1S/C6H10N4O3S/c1-10(4-5(7)11)14(12,13)6-2-3-8-9-6/h2-3H,4H2,1H3,(H2,7,11)(H,8,9). The Balaban J connectivity index is 2.92. The quantitative estimate of drug-likeness (QED) is 0.642. The number of hydrogen-bond acceptors (Lipinski definition) is 4. The average molecular weight is 218 g/mol. The maximum Gasteiger partial charge on any atom is 0.260 e. The van der Waals surface area contributed by atoms with Crippen molar-refractivity contribution >= 4 is 15.9 Å². The number of aromatic amines is 1. The second-order valence-electron chi connectivity index (χ2n) is 2.65. The van der Waals surface area contributed by atoms with E-state index in [-0.39, 0.29) is 11.6 Å². The van der Waals surface area contributed by atoms with Crippen molar-refractivity contribution in [2.45, 2.75) is 5.03 Å². The van der Waals surface area contributed by atoms with E-state index in [1.54, 1.807) is 0 Å². The topological polar surface area (TPSA) is 109 Å². The summed E-state index contributed by atoms with van der Waals surface area (Å²) in [6.45, 7) is -0.360. The molecule has 8 heteroatoms. The summed E-state index contributed by atoms with van der Waals surface area (Å²) in [4.78, 5) is 10.5. The zero-order chi connectivity index (χ0) is 10.8. The largest absolute Gasteiger partial charge is 0.369 e. The number of aromatic nitrogens is 2. The van der Waals surface area contributed by atoms with Gasteiger partial charge in [-0.15, -0.1) is 0 Å². The maximum atomic E-state index is 11.6. The Morgan fingerprint density at radius 2 is 2.36 bits per heavy atom. The van der Waals surface area contributed by atoms with Crippen molar-refractivity contribution in [2.24, 2.45) is 5.73 Å². The SMILES string of the molecule is CN(CC(N)=O)S(=O)(=O)c1ccn[nH]1. The molecule has 1 rings (SSSR count). The summed E-state index contributed by atoms with van der Waals surface area (Å²) in [6.07, 6.45) is 1.31.